The van der Waals surface area contributed by atoms with Crippen molar-refractivity contribution >= 4 is 23.3 Å². The fraction of sp³-hybridized carbons (Fsp3) is 0.348. The molecule has 0 aliphatic carbocycles. The van der Waals surface area contributed by atoms with E-state index in [2.05, 4.69) is 10.6 Å². The van der Waals surface area contributed by atoms with Gasteiger partial charge >= 0.3 is 12.2 Å². The number of rotatable bonds is 4. The molecule has 0 radical (unpaired) electrons. The molecule has 1 saturated heterocycles. The Morgan fingerprint density at radius 1 is 1.18 bits per heavy atom. The van der Waals surface area contributed by atoms with Crippen molar-refractivity contribution < 1.29 is 22.8 Å². The smallest absolute Gasteiger partial charge is 0.367 e. The van der Waals surface area contributed by atoms with Gasteiger partial charge in [0.2, 0.25) is 5.91 Å². The zero-order valence-electron chi connectivity index (χ0n) is 18.2. The van der Waals surface area contributed by atoms with E-state index in [0.29, 0.717) is 5.69 Å². The zero-order chi connectivity index (χ0) is 24.2. The summed E-state index contributed by atoms with van der Waals surface area (Å²) in [6.45, 7) is 2.35. The summed E-state index contributed by atoms with van der Waals surface area (Å²) < 4.78 is 40.1. The number of benzene rings is 2. The fourth-order valence-corrected chi connectivity index (χ4v) is 3.78. The number of alkyl halides is 3. The molecule has 10 heteroatoms. The minimum absolute atomic E-state index is 0.00525. The molecule has 1 unspecified atom stereocenters. The van der Waals surface area contributed by atoms with Gasteiger partial charge < -0.3 is 20.4 Å². The number of hydrogen-bond acceptors (Lipinski definition) is 4. The number of carbonyl (C=O) groups is 2. The van der Waals surface area contributed by atoms with Crippen molar-refractivity contribution in [2.75, 3.05) is 36.9 Å². The van der Waals surface area contributed by atoms with E-state index in [0.717, 1.165) is 24.1 Å². The highest BCUT2D eigenvalue weighted by molar-refractivity contribution is 5.94. The molecule has 2 aromatic carbocycles. The summed E-state index contributed by atoms with van der Waals surface area (Å²) in [7, 11) is 1.44. The van der Waals surface area contributed by atoms with Gasteiger partial charge in [0.05, 0.1) is 17.2 Å². The van der Waals surface area contributed by atoms with Gasteiger partial charge in [-0.3, -0.25) is 4.79 Å². The number of nitriles is 1. The second-order valence-electron chi connectivity index (χ2n) is 7.59. The molecule has 1 aliphatic heterocycles. The average molecular weight is 459 g/mol. The standard InChI is InChI=1S/C23H24F3N5O2/c1-3-15-5-4-6-17(11-15)29-22(33)31-10-9-30(14-20(31)21(32)28-2)18-8-7-16(13-27)19(12-18)23(24,25)26/h4-8,11-12,20H,3,9-10,14H2,1-2H3,(H,28,32)(H,29,33). The molecule has 2 aromatic rings. The van der Waals surface area contributed by atoms with Gasteiger partial charge in [-0.15, -0.1) is 0 Å². The average Bonchev–Trinajstić information content (AvgIpc) is 2.82. The summed E-state index contributed by atoms with van der Waals surface area (Å²) in [5, 5.41) is 14.3. The molecule has 3 amide bonds. The van der Waals surface area contributed by atoms with Gasteiger partial charge in [-0.2, -0.15) is 18.4 Å². The molecule has 1 atom stereocenters. The number of hydrogen-bond donors (Lipinski definition) is 2. The lowest BCUT2D eigenvalue weighted by Gasteiger charge is -2.41. The molecule has 1 fully saturated rings. The van der Waals surface area contributed by atoms with Crippen LogP contribution >= 0.6 is 0 Å². The molecule has 1 aliphatic rings. The van der Waals surface area contributed by atoms with Crippen LogP contribution in [0.15, 0.2) is 42.5 Å². The van der Waals surface area contributed by atoms with E-state index in [-0.39, 0.29) is 25.3 Å². The van der Waals surface area contributed by atoms with Crippen molar-refractivity contribution in [2.45, 2.75) is 25.6 Å². The Kier molecular flexibility index (Phi) is 7.11. The van der Waals surface area contributed by atoms with Crippen LogP contribution in [0.2, 0.25) is 0 Å². The predicted molar refractivity (Wildman–Crippen MR) is 118 cm³/mol. The summed E-state index contributed by atoms with van der Waals surface area (Å²) in [5.41, 5.74) is 0.364. The van der Waals surface area contributed by atoms with Gasteiger partial charge in [0.15, 0.2) is 0 Å². The van der Waals surface area contributed by atoms with Crippen LogP contribution in [-0.4, -0.2) is 49.6 Å². The lowest BCUT2D eigenvalue weighted by atomic mass is 10.0. The van der Waals surface area contributed by atoms with Crippen LogP contribution in [0.4, 0.5) is 29.3 Å². The molecule has 0 saturated carbocycles. The third-order valence-corrected chi connectivity index (χ3v) is 5.57. The molecule has 33 heavy (non-hydrogen) atoms. The minimum atomic E-state index is -4.68. The third-order valence-electron chi connectivity index (χ3n) is 5.57. The van der Waals surface area contributed by atoms with Crippen molar-refractivity contribution in [3.05, 3.63) is 59.2 Å². The summed E-state index contributed by atoms with van der Waals surface area (Å²) in [6.07, 6.45) is -3.89. The van der Waals surface area contributed by atoms with Crippen LogP contribution in [0.1, 0.15) is 23.6 Å². The van der Waals surface area contributed by atoms with Gasteiger partial charge in [-0.25, -0.2) is 4.79 Å². The van der Waals surface area contributed by atoms with Crippen LogP contribution in [0.25, 0.3) is 0 Å². The van der Waals surface area contributed by atoms with E-state index in [4.69, 9.17) is 5.26 Å². The first-order valence-electron chi connectivity index (χ1n) is 10.4. The van der Waals surface area contributed by atoms with Crippen molar-refractivity contribution in [3.63, 3.8) is 0 Å². The first-order chi connectivity index (χ1) is 15.7. The monoisotopic (exact) mass is 459 g/mol. The van der Waals surface area contributed by atoms with Gasteiger partial charge in [-0.05, 0) is 42.3 Å². The van der Waals surface area contributed by atoms with Crippen LogP contribution in [-0.2, 0) is 17.4 Å². The molecule has 3 rings (SSSR count). The van der Waals surface area contributed by atoms with E-state index in [1.54, 1.807) is 17.0 Å². The van der Waals surface area contributed by atoms with Crippen molar-refractivity contribution in [3.8, 4) is 6.07 Å². The largest absolute Gasteiger partial charge is 0.417 e. The maximum absolute atomic E-state index is 13.4. The molecule has 7 nitrogen and oxygen atoms in total. The molecule has 1 heterocycles. The Labute approximate surface area is 189 Å². The van der Waals surface area contributed by atoms with Crippen LogP contribution in [0.3, 0.4) is 0 Å². The molecule has 0 aromatic heterocycles. The minimum Gasteiger partial charge on any atom is -0.367 e. The molecule has 174 valence electrons. The second-order valence-corrected chi connectivity index (χ2v) is 7.59. The molecule has 0 spiro atoms. The summed E-state index contributed by atoms with van der Waals surface area (Å²) in [6, 6.07) is 11.0. The highest BCUT2D eigenvalue weighted by Crippen LogP contribution is 2.35. The Hall–Kier alpha value is -3.74. The number of nitrogens with zero attached hydrogens (tertiary/aromatic N) is 3. The van der Waals surface area contributed by atoms with Gasteiger partial charge in [-0.1, -0.05) is 19.1 Å². The van der Waals surface area contributed by atoms with E-state index >= 15 is 0 Å². The van der Waals surface area contributed by atoms with Gasteiger partial charge in [0, 0.05) is 38.1 Å². The highest BCUT2D eigenvalue weighted by atomic mass is 19.4. The van der Waals surface area contributed by atoms with Crippen LogP contribution in [0.5, 0.6) is 0 Å². The number of amides is 3. The van der Waals surface area contributed by atoms with Crippen molar-refractivity contribution in [2.24, 2.45) is 0 Å². The van der Waals surface area contributed by atoms with Crippen LogP contribution in [0, 0.1) is 11.3 Å². The van der Waals surface area contributed by atoms with E-state index in [9.17, 15) is 22.8 Å². The Morgan fingerprint density at radius 2 is 1.94 bits per heavy atom. The first kappa shape index (κ1) is 23.9. The number of piperazine rings is 1. The van der Waals surface area contributed by atoms with Crippen LogP contribution < -0.4 is 15.5 Å². The maximum atomic E-state index is 13.4. The quantitative estimate of drug-likeness (QED) is 0.731. The van der Waals surface area contributed by atoms with Gasteiger partial charge in [0.25, 0.3) is 0 Å². The Balaban J connectivity index is 1.83. The summed E-state index contributed by atoms with van der Waals surface area (Å²) >= 11 is 0. The number of anilines is 2. The molecule has 2 N–H and O–H groups in total. The first-order valence-corrected chi connectivity index (χ1v) is 10.4. The summed E-state index contributed by atoms with van der Waals surface area (Å²) in [5.74, 6) is -0.429. The second kappa shape index (κ2) is 9.81. The normalized spacial score (nSPS) is 16.2. The fourth-order valence-electron chi connectivity index (χ4n) is 3.78. The topological polar surface area (TPSA) is 88.5 Å². The third kappa shape index (κ3) is 5.37. The van der Waals surface area contributed by atoms with Crippen molar-refractivity contribution in [1.82, 2.24) is 10.2 Å². The molecular weight excluding hydrogens is 435 g/mol. The zero-order valence-corrected chi connectivity index (χ0v) is 18.2. The Morgan fingerprint density at radius 3 is 2.58 bits per heavy atom. The van der Waals surface area contributed by atoms with Crippen molar-refractivity contribution in [1.29, 1.82) is 5.26 Å². The number of aryl methyl sites for hydroxylation is 1. The lowest BCUT2D eigenvalue weighted by Crippen LogP contribution is -2.61. The molecule has 0 bridgehead atoms. The maximum Gasteiger partial charge on any atom is 0.417 e. The van der Waals surface area contributed by atoms with Gasteiger partial charge in [0.1, 0.15) is 6.04 Å². The van der Waals surface area contributed by atoms with E-state index in [1.807, 2.05) is 25.1 Å². The number of urea groups is 1. The number of nitrogens with one attached hydrogen (secondary N) is 2. The highest BCUT2D eigenvalue weighted by Gasteiger charge is 2.37. The Bertz CT molecular complexity index is 1080. The number of likely N-dealkylation sites (N-methyl/N-ethyl adjacent to an activating group) is 1. The van der Waals surface area contributed by atoms with E-state index < -0.39 is 35.3 Å². The number of halogens is 3. The van der Waals surface area contributed by atoms with E-state index in [1.165, 1.54) is 18.0 Å². The SMILES string of the molecule is CCc1cccc(NC(=O)N2CCN(c3ccc(C#N)c(C(F)(F)F)c3)CC2C(=O)NC)c1. The predicted octanol–water partition coefficient (Wildman–Crippen LogP) is 3.61. The number of carbonyl (C=O) groups excluding carboxylic acids is 2. The lowest BCUT2D eigenvalue weighted by molar-refractivity contribution is -0.137. The summed E-state index contributed by atoms with van der Waals surface area (Å²) in [4.78, 5) is 28.5. The molecular formula is C23H24F3N5O2.